The number of nitrogens with zero attached hydrogens (tertiary/aromatic N) is 2. The second kappa shape index (κ2) is 9.19. The van der Waals surface area contributed by atoms with E-state index < -0.39 is 0 Å². The van der Waals surface area contributed by atoms with Crippen LogP contribution in [0.3, 0.4) is 0 Å². The van der Waals surface area contributed by atoms with Crippen LogP contribution in [0.2, 0.25) is 0 Å². The van der Waals surface area contributed by atoms with Gasteiger partial charge in [-0.05, 0) is 18.2 Å². The molecule has 2 aromatic carbocycles. The predicted molar refractivity (Wildman–Crippen MR) is 105 cm³/mol. The second-order valence-corrected chi connectivity index (χ2v) is 5.78. The Hall–Kier alpha value is -2.86. The van der Waals surface area contributed by atoms with E-state index >= 15 is 0 Å². The minimum atomic E-state index is 0. The summed E-state index contributed by atoms with van der Waals surface area (Å²) in [5.41, 5.74) is 5.85. The van der Waals surface area contributed by atoms with Crippen molar-refractivity contribution in [2.75, 3.05) is 0 Å². The molecule has 0 aliphatic heterocycles. The fourth-order valence-corrected chi connectivity index (χ4v) is 2.75. The van der Waals surface area contributed by atoms with Gasteiger partial charge in [0, 0.05) is 23.8 Å². The molecule has 4 rings (SSSR count). The molecule has 0 atom stereocenters. The maximum absolute atomic E-state index is 4.45. The van der Waals surface area contributed by atoms with E-state index in [4.69, 9.17) is 0 Å². The summed E-state index contributed by atoms with van der Waals surface area (Å²) < 4.78 is 0. The average Bonchev–Trinajstić information content (AvgIpc) is 2.74. The average molecular weight is 439 g/mol. The Balaban J connectivity index is 0.00000210. The third-order valence-corrected chi connectivity index (χ3v) is 4.01. The molecule has 2 heterocycles. The first-order chi connectivity index (χ1) is 12.9. The SMILES string of the molecule is [C-](=Cc1[c-]c(-c2ccccn2)ccc1)c1ccccc1-c1ccccn1.[Pd+2]. The molecule has 132 valence electrons. The van der Waals surface area contributed by atoms with Gasteiger partial charge in [0.25, 0.3) is 0 Å². The third kappa shape index (κ3) is 4.65. The van der Waals surface area contributed by atoms with Crippen LogP contribution >= 0.6 is 0 Å². The molecule has 2 aromatic heterocycles. The van der Waals surface area contributed by atoms with Crippen molar-refractivity contribution in [3.63, 3.8) is 0 Å². The summed E-state index contributed by atoms with van der Waals surface area (Å²) in [6.45, 7) is 0. The predicted octanol–water partition coefficient (Wildman–Crippen LogP) is 5.47. The largest absolute Gasteiger partial charge is 2.00 e. The molecule has 4 aromatic rings. The first-order valence-electron chi connectivity index (χ1n) is 8.44. The number of rotatable bonds is 4. The molecule has 0 spiro atoms. The van der Waals surface area contributed by atoms with Crippen molar-refractivity contribution in [3.8, 4) is 22.5 Å². The van der Waals surface area contributed by atoms with Crippen LogP contribution in [-0.2, 0) is 20.4 Å². The molecule has 0 bridgehead atoms. The van der Waals surface area contributed by atoms with Crippen LogP contribution in [0.5, 0.6) is 0 Å². The van der Waals surface area contributed by atoms with Crippen LogP contribution in [0.4, 0.5) is 0 Å². The van der Waals surface area contributed by atoms with Gasteiger partial charge in [-0.2, -0.15) is 23.8 Å². The van der Waals surface area contributed by atoms with Crippen molar-refractivity contribution >= 4 is 6.08 Å². The zero-order valence-corrected chi connectivity index (χ0v) is 16.0. The Morgan fingerprint density at radius 3 is 2.15 bits per heavy atom. The molecule has 0 N–H and O–H groups in total. The summed E-state index contributed by atoms with van der Waals surface area (Å²) in [4.78, 5) is 8.84. The van der Waals surface area contributed by atoms with Gasteiger partial charge in [0.05, 0.1) is 0 Å². The number of hydrogen-bond donors (Lipinski definition) is 0. The normalized spacial score (nSPS) is 10.5. The fourth-order valence-electron chi connectivity index (χ4n) is 2.75. The molecule has 2 nitrogen and oxygen atoms in total. The molecule has 0 aliphatic carbocycles. The zero-order valence-electron chi connectivity index (χ0n) is 14.4. The van der Waals surface area contributed by atoms with Crippen LogP contribution in [-0.4, -0.2) is 9.97 Å². The Kier molecular flexibility index (Phi) is 6.44. The van der Waals surface area contributed by atoms with Gasteiger partial charge in [-0.25, -0.2) is 6.08 Å². The van der Waals surface area contributed by atoms with Crippen molar-refractivity contribution in [2.24, 2.45) is 0 Å². The first-order valence-corrected chi connectivity index (χ1v) is 8.44. The smallest absolute Gasteiger partial charge is 0.295 e. The van der Waals surface area contributed by atoms with Crippen molar-refractivity contribution in [1.82, 2.24) is 9.97 Å². The van der Waals surface area contributed by atoms with Gasteiger partial charge in [0.2, 0.25) is 0 Å². The van der Waals surface area contributed by atoms with Crippen LogP contribution in [0.25, 0.3) is 28.6 Å². The Morgan fingerprint density at radius 2 is 1.41 bits per heavy atom. The van der Waals surface area contributed by atoms with Gasteiger partial charge in [-0.3, -0.25) is 9.97 Å². The van der Waals surface area contributed by atoms with Crippen molar-refractivity contribution in [1.29, 1.82) is 0 Å². The van der Waals surface area contributed by atoms with E-state index in [2.05, 4.69) is 28.2 Å². The Morgan fingerprint density at radius 1 is 0.704 bits per heavy atom. The third-order valence-electron chi connectivity index (χ3n) is 4.01. The number of hydrogen-bond acceptors (Lipinski definition) is 2. The number of benzene rings is 2. The molecule has 0 saturated heterocycles. The molecule has 0 saturated carbocycles. The maximum atomic E-state index is 4.45. The summed E-state index contributed by atoms with van der Waals surface area (Å²) in [5, 5.41) is 0. The maximum Gasteiger partial charge on any atom is 2.00 e. The van der Waals surface area contributed by atoms with Gasteiger partial charge < -0.3 is 0 Å². The van der Waals surface area contributed by atoms with Crippen LogP contribution in [0.1, 0.15) is 11.1 Å². The van der Waals surface area contributed by atoms with E-state index in [1.54, 1.807) is 12.4 Å². The van der Waals surface area contributed by atoms with Crippen molar-refractivity contribution in [2.45, 2.75) is 0 Å². The van der Waals surface area contributed by atoms with E-state index in [0.29, 0.717) is 0 Å². The number of pyridine rings is 2. The minimum absolute atomic E-state index is 0. The summed E-state index contributed by atoms with van der Waals surface area (Å²) in [7, 11) is 0. The topological polar surface area (TPSA) is 25.8 Å². The zero-order chi connectivity index (χ0) is 17.6. The standard InChI is InChI=1S/C24H16N2.Pd/c1-2-11-22(24-13-4-6-17-26-24)20(9-1)15-14-19-8-7-10-21(18-19)23-12-3-5-16-25-23;/h1-14,16-17H;/q-2;+2. The van der Waals surface area contributed by atoms with Gasteiger partial charge in [-0.1, -0.05) is 35.9 Å². The van der Waals surface area contributed by atoms with E-state index in [0.717, 1.165) is 33.6 Å². The summed E-state index contributed by atoms with van der Waals surface area (Å²) in [6, 6.07) is 29.4. The minimum Gasteiger partial charge on any atom is -0.295 e. The first kappa shape index (κ1) is 18.9. The summed E-state index contributed by atoms with van der Waals surface area (Å²) in [5.74, 6) is 0. The van der Waals surface area contributed by atoms with Gasteiger partial charge >= 0.3 is 20.4 Å². The molecule has 0 radical (unpaired) electrons. The van der Waals surface area contributed by atoms with E-state index in [-0.39, 0.29) is 20.4 Å². The van der Waals surface area contributed by atoms with Gasteiger partial charge in [0.1, 0.15) is 0 Å². The molecule has 0 fully saturated rings. The van der Waals surface area contributed by atoms with Crippen LogP contribution < -0.4 is 0 Å². The molecule has 0 amide bonds. The fraction of sp³-hybridized carbons (Fsp3) is 0. The van der Waals surface area contributed by atoms with Crippen LogP contribution in [0, 0.1) is 12.1 Å². The van der Waals surface area contributed by atoms with Gasteiger partial charge in [0.15, 0.2) is 0 Å². The van der Waals surface area contributed by atoms with E-state index in [9.17, 15) is 0 Å². The molecule has 0 unspecified atom stereocenters. The molecular formula is C24H16N2Pd. The number of aromatic nitrogens is 2. The molecule has 0 aliphatic rings. The second-order valence-electron chi connectivity index (χ2n) is 5.78. The van der Waals surface area contributed by atoms with Crippen molar-refractivity contribution in [3.05, 3.63) is 115 Å². The van der Waals surface area contributed by atoms with Gasteiger partial charge in [-0.15, -0.1) is 35.4 Å². The van der Waals surface area contributed by atoms with Crippen LogP contribution in [0.15, 0.2) is 91.3 Å². The Labute approximate surface area is 173 Å². The van der Waals surface area contributed by atoms with Crippen molar-refractivity contribution < 1.29 is 20.4 Å². The summed E-state index contributed by atoms with van der Waals surface area (Å²) in [6.07, 6.45) is 8.94. The molecule has 3 heteroatoms. The van der Waals surface area contributed by atoms with E-state index in [1.165, 1.54) is 0 Å². The monoisotopic (exact) mass is 438 g/mol. The molecule has 27 heavy (non-hydrogen) atoms. The summed E-state index contributed by atoms with van der Waals surface area (Å²) >= 11 is 0. The van der Waals surface area contributed by atoms with E-state index in [1.807, 2.05) is 78.9 Å². The molecular weight excluding hydrogens is 423 g/mol. The Bertz CT molecular complexity index is 1030. The quantitative estimate of drug-likeness (QED) is 0.240.